The van der Waals surface area contributed by atoms with Crippen LogP contribution in [0.3, 0.4) is 0 Å². The highest BCUT2D eigenvalue weighted by Gasteiger charge is 2.02. The Kier molecular flexibility index (Phi) is 3.63. The Morgan fingerprint density at radius 2 is 1.47 bits per heavy atom. The Morgan fingerprint density at radius 3 is 2.12 bits per heavy atom. The maximum absolute atomic E-state index is 2.25. The van der Waals surface area contributed by atoms with Gasteiger partial charge in [0.25, 0.3) is 0 Å². The first-order valence-electron chi connectivity index (χ1n) is 6.33. The van der Waals surface area contributed by atoms with Gasteiger partial charge in [-0.15, -0.1) is 0 Å². The lowest BCUT2D eigenvalue weighted by Gasteiger charge is -2.09. The molecular formula is C17H20. The van der Waals surface area contributed by atoms with E-state index in [-0.39, 0.29) is 0 Å². The molecule has 0 nitrogen and oxygen atoms in total. The van der Waals surface area contributed by atoms with Gasteiger partial charge in [-0.3, -0.25) is 0 Å². The van der Waals surface area contributed by atoms with Crippen LogP contribution in [-0.2, 0) is 12.8 Å². The van der Waals surface area contributed by atoms with Crippen LogP contribution < -0.4 is 0 Å². The van der Waals surface area contributed by atoms with Crippen molar-refractivity contribution in [1.82, 2.24) is 0 Å². The summed E-state index contributed by atoms with van der Waals surface area (Å²) in [5.74, 6) is 0. The zero-order chi connectivity index (χ0) is 12.3. The van der Waals surface area contributed by atoms with E-state index in [1.54, 1.807) is 0 Å². The molecule has 0 fully saturated rings. The van der Waals surface area contributed by atoms with Gasteiger partial charge in [0.05, 0.1) is 0 Å². The highest BCUT2D eigenvalue weighted by atomic mass is 14.1. The van der Waals surface area contributed by atoms with Crippen molar-refractivity contribution in [3.8, 4) is 0 Å². The summed E-state index contributed by atoms with van der Waals surface area (Å²) in [6.07, 6.45) is 2.15. The van der Waals surface area contributed by atoms with Crippen LogP contribution in [0.15, 0.2) is 42.5 Å². The molecule has 0 radical (unpaired) electrons. The summed E-state index contributed by atoms with van der Waals surface area (Å²) >= 11 is 0. The molecule has 0 bridgehead atoms. The third-order valence-electron chi connectivity index (χ3n) is 3.54. The minimum atomic E-state index is 1.04. The number of aryl methyl sites for hydroxylation is 2. The smallest absolute Gasteiger partial charge is 0.00230 e. The van der Waals surface area contributed by atoms with Crippen molar-refractivity contribution in [2.24, 2.45) is 0 Å². The number of hydrogen-bond donors (Lipinski definition) is 0. The fourth-order valence-electron chi connectivity index (χ4n) is 2.12. The van der Waals surface area contributed by atoms with Crippen molar-refractivity contribution in [3.63, 3.8) is 0 Å². The van der Waals surface area contributed by atoms with Gasteiger partial charge >= 0.3 is 0 Å². The second kappa shape index (κ2) is 5.18. The summed E-state index contributed by atoms with van der Waals surface area (Å²) in [6, 6.07) is 15.5. The fourth-order valence-corrected chi connectivity index (χ4v) is 2.12. The van der Waals surface area contributed by atoms with Gasteiger partial charge in [-0.25, -0.2) is 0 Å². The number of benzene rings is 2. The summed E-state index contributed by atoms with van der Waals surface area (Å²) in [5.41, 5.74) is 7.06. The van der Waals surface area contributed by atoms with Gasteiger partial charge < -0.3 is 0 Å². The van der Waals surface area contributed by atoms with Gasteiger partial charge in [0.1, 0.15) is 0 Å². The van der Waals surface area contributed by atoms with Crippen molar-refractivity contribution < 1.29 is 0 Å². The second-order valence-electron chi connectivity index (χ2n) is 4.71. The molecule has 0 saturated carbocycles. The minimum Gasteiger partial charge on any atom is -0.0617 e. The fraction of sp³-hybridized carbons (Fsp3) is 0.294. The average Bonchev–Trinajstić information content (AvgIpc) is 2.36. The van der Waals surface area contributed by atoms with Crippen LogP contribution in [0.1, 0.15) is 34.7 Å². The highest BCUT2D eigenvalue weighted by molar-refractivity contribution is 5.37. The molecule has 0 atom stereocenters. The zero-order valence-corrected chi connectivity index (χ0v) is 11.0. The first-order chi connectivity index (χ1) is 8.20. The quantitative estimate of drug-likeness (QED) is 0.722. The van der Waals surface area contributed by atoms with Gasteiger partial charge in [0.2, 0.25) is 0 Å². The van der Waals surface area contributed by atoms with E-state index >= 15 is 0 Å². The van der Waals surface area contributed by atoms with Crippen LogP contribution in [0.4, 0.5) is 0 Å². The highest BCUT2D eigenvalue weighted by Crippen LogP contribution is 2.17. The lowest BCUT2D eigenvalue weighted by molar-refractivity contribution is 1.10. The summed E-state index contributed by atoms with van der Waals surface area (Å²) in [7, 11) is 0. The zero-order valence-electron chi connectivity index (χ0n) is 11.0. The topological polar surface area (TPSA) is 0 Å². The third kappa shape index (κ3) is 2.76. The van der Waals surface area contributed by atoms with Gasteiger partial charge in [0, 0.05) is 0 Å². The normalized spacial score (nSPS) is 10.5. The Bertz CT molecular complexity index is 492. The molecule has 2 aromatic rings. The van der Waals surface area contributed by atoms with Crippen molar-refractivity contribution in [1.29, 1.82) is 0 Å². The number of hydrogen-bond acceptors (Lipinski definition) is 0. The van der Waals surface area contributed by atoms with Crippen LogP contribution in [0, 0.1) is 13.8 Å². The van der Waals surface area contributed by atoms with Crippen LogP contribution >= 0.6 is 0 Å². The Labute approximate surface area is 104 Å². The third-order valence-corrected chi connectivity index (χ3v) is 3.54. The van der Waals surface area contributed by atoms with E-state index in [1.807, 2.05) is 0 Å². The predicted molar refractivity (Wildman–Crippen MR) is 74.5 cm³/mol. The molecule has 0 amide bonds. The van der Waals surface area contributed by atoms with Crippen LogP contribution in [0.25, 0.3) is 0 Å². The largest absolute Gasteiger partial charge is 0.0617 e. The summed E-state index contributed by atoms with van der Waals surface area (Å²) in [4.78, 5) is 0. The second-order valence-corrected chi connectivity index (χ2v) is 4.71. The van der Waals surface area contributed by atoms with E-state index in [1.165, 1.54) is 27.8 Å². The van der Waals surface area contributed by atoms with Gasteiger partial charge in [0.15, 0.2) is 0 Å². The first kappa shape index (κ1) is 11.9. The van der Waals surface area contributed by atoms with E-state index < -0.39 is 0 Å². The molecule has 0 aliphatic heterocycles. The summed E-state index contributed by atoms with van der Waals surface area (Å²) in [5, 5.41) is 0. The van der Waals surface area contributed by atoms with Crippen molar-refractivity contribution in [3.05, 3.63) is 70.3 Å². The van der Waals surface area contributed by atoms with Crippen molar-refractivity contribution in [2.75, 3.05) is 0 Å². The minimum absolute atomic E-state index is 1.04. The molecule has 0 saturated heterocycles. The van der Waals surface area contributed by atoms with Gasteiger partial charge in [-0.1, -0.05) is 49.4 Å². The Hall–Kier alpha value is -1.56. The maximum atomic E-state index is 2.25. The van der Waals surface area contributed by atoms with Crippen LogP contribution in [-0.4, -0.2) is 0 Å². The van der Waals surface area contributed by atoms with Crippen molar-refractivity contribution in [2.45, 2.75) is 33.6 Å². The molecule has 0 N–H and O–H groups in total. The molecule has 0 aliphatic carbocycles. The SMILES string of the molecule is CCc1ccc(Cc2cccc(C)c2C)cc1. The van der Waals surface area contributed by atoms with Crippen LogP contribution in [0.2, 0.25) is 0 Å². The van der Waals surface area contributed by atoms with E-state index in [9.17, 15) is 0 Å². The molecule has 2 rings (SSSR count). The monoisotopic (exact) mass is 224 g/mol. The molecule has 0 unspecified atom stereocenters. The molecule has 2 aromatic carbocycles. The molecule has 17 heavy (non-hydrogen) atoms. The molecule has 0 aliphatic rings. The summed E-state index contributed by atoms with van der Waals surface area (Å²) in [6.45, 7) is 6.59. The van der Waals surface area contributed by atoms with Crippen LogP contribution in [0.5, 0.6) is 0 Å². The average molecular weight is 224 g/mol. The van der Waals surface area contributed by atoms with Gasteiger partial charge in [-0.05, 0) is 54.5 Å². The lowest BCUT2D eigenvalue weighted by Crippen LogP contribution is -1.94. The Morgan fingerprint density at radius 1 is 0.824 bits per heavy atom. The lowest BCUT2D eigenvalue weighted by atomic mass is 9.97. The van der Waals surface area contributed by atoms with E-state index in [0.29, 0.717) is 0 Å². The first-order valence-corrected chi connectivity index (χ1v) is 6.33. The van der Waals surface area contributed by atoms with Crippen molar-refractivity contribution >= 4 is 0 Å². The van der Waals surface area contributed by atoms with E-state index in [4.69, 9.17) is 0 Å². The molecule has 0 heteroatoms. The van der Waals surface area contributed by atoms with E-state index in [2.05, 4.69) is 63.2 Å². The molecule has 0 heterocycles. The maximum Gasteiger partial charge on any atom is -0.00230 e. The molecule has 88 valence electrons. The molecular weight excluding hydrogens is 204 g/mol. The predicted octanol–water partition coefficient (Wildman–Crippen LogP) is 4.46. The molecule has 0 spiro atoms. The number of rotatable bonds is 3. The molecule has 0 aromatic heterocycles. The van der Waals surface area contributed by atoms with Gasteiger partial charge in [-0.2, -0.15) is 0 Å². The van der Waals surface area contributed by atoms with E-state index in [0.717, 1.165) is 12.8 Å². The standard InChI is InChI=1S/C17H20/c1-4-15-8-10-16(11-9-15)12-17-7-5-6-13(2)14(17)3/h5-11H,4,12H2,1-3H3. The summed E-state index contributed by atoms with van der Waals surface area (Å²) < 4.78 is 0. The Balaban J connectivity index is 2.22.